The zero-order chi connectivity index (χ0) is 20.4. The first-order valence-corrected chi connectivity index (χ1v) is 12.3. The number of anilines is 1. The van der Waals surface area contributed by atoms with E-state index in [0.29, 0.717) is 17.6 Å². The Kier molecular flexibility index (Phi) is 5.72. The van der Waals surface area contributed by atoms with Gasteiger partial charge in [-0.05, 0) is 49.8 Å². The van der Waals surface area contributed by atoms with Gasteiger partial charge in [-0.3, -0.25) is 9.11 Å². The van der Waals surface area contributed by atoms with E-state index < -0.39 is 9.71 Å². The Morgan fingerprint density at radius 2 is 1.90 bits per heavy atom. The van der Waals surface area contributed by atoms with Crippen molar-refractivity contribution in [3.8, 4) is 6.07 Å². The second-order valence-corrected chi connectivity index (χ2v) is 10.6. The van der Waals surface area contributed by atoms with Crippen LogP contribution in [0, 0.1) is 11.3 Å². The quantitative estimate of drug-likeness (QED) is 0.774. The second-order valence-electron chi connectivity index (χ2n) is 8.14. The van der Waals surface area contributed by atoms with E-state index in [1.807, 2.05) is 16.4 Å². The molecule has 154 valence electrons. The zero-order valence-electron chi connectivity index (χ0n) is 16.9. The second kappa shape index (κ2) is 8.27. The van der Waals surface area contributed by atoms with Crippen LogP contribution >= 0.6 is 0 Å². The monoisotopic (exact) mass is 412 g/mol. The van der Waals surface area contributed by atoms with Crippen LogP contribution in [0.15, 0.2) is 24.5 Å². The van der Waals surface area contributed by atoms with Crippen molar-refractivity contribution in [3.63, 3.8) is 0 Å². The molecule has 1 aromatic carbocycles. The Morgan fingerprint density at radius 3 is 2.55 bits per heavy atom. The molecule has 7 nitrogen and oxygen atoms in total. The lowest BCUT2D eigenvalue weighted by Gasteiger charge is -2.42. The van der Waals surface area contributed by atoms with Crippen LogP contribution in [0.4, 0.5) is 5.82 Å². The molecule has 1 atom stereocenters. The third-order valence-corrected chi connectivity index (χ3v) is 7.60. The van der Waals surface area contributed by atoms with Gasteiger partial charge in [0, 0.05) is 59.6 Å². The summed E-state index contributed by atoms with van der Waals surface area (Å²) in [5, 5.41) is 13.7. The number of nitrogens with one attached hydrogen (secondary N) is 1. The van der Waals surface area contributed by atoms with Crippen molar-refractivity contribution < 1.29 is 4.21 Å². The van der Waals surface area contributed by atoms with Gasteiger partial charge in [-0.25, -0.2) is 14.3 Å². The highest BCUT2D eigenvalue weighted by Gasteiger charge is 2.29. The fraction of sp³-hybridized carbons (Fsp3) is 0.524. The molecule has 2 fully saturated rings. The van der Waals surface area contributed by atoms with Crippen LogP contribution in [-0.2, 0) is 9.71 Å². The van der Waals surface area contributed by atoms with Crippen molar-refractivity contribution in [2.24, 2.45) is 0 Å². The van der Waals surface area contributed by atoms with Crippen LogP contribution in [0.25, 0.3) is 10.9 Å². The number of rotatable bonds is 4. The van der Waals surface area contributed by atoms with E-state index in [4.69, 9.17) is 0 Å². The number of piperazine rings is 1. The van der Waals surface area contributed by atoms with Crippen molar-refractivity contribution in [2.75, 3.05) is 37.8 Å². The fourth-order valence-electron chi connectivity index (χ4n) is 4.47. The van der Waals surface area contributed by atoms with Gasteiger partial charge in [0.25, 0.3) is 0 Å². The van der Waals surface area contributed by atoms with Crippen LogP contribution in [0.1, 0.15) is 31.2 Å². The molecule has 0 bridgehead atoms. The summed E-state index contributed by atoms with van der Waals surface area (Å²) >= 11 is 0. The SMILES string of the molecule is C=S(C)(=O)N1CCN(C2CCC(Nc3ncnc4ccc(C#N)cc34)CC2)CC1. The smallest absolute Gasteiger partial charge is 0.137 e. The fourth-order valence-corrected chi connectivity index (χ4v) is 5.41. The maximum absolute atomic E-state index is 12.1. The van der Waals surface area contributed by atoms with E-state index in [-0.39, 0.29) is 0 Å². The molecule has 4 rings (SSSR count). The lowest BCUT2D eigenvalue weighted by molar-refractivity contribution is 0.110. The Bertz CT molecular complexity index is 1020. The summed E-state index contributed by atoms with van der Waals surface area (Å²) in [5.74, 6) is 4.63. The molecule has 0 radical (unpaired) electrons. The first-order chi connectivity index (χ1) is 13.9. The molecule has 1 aliphatic heterocycles. The Balaban J connectivity index is 1.35. The summed E-state index contributed by atoms with van der Waals surface area (Å²) in [6.45, 7) is 3.61. The summed E-state index contributed by atoms with van der Waals surface area (Å²) < 4.78 is 14.2. The predicted octanol–water partition coefficient (Wildman–Crippen LogP) is 2.10. The van der Waals surface area contributed by atoms with Gasteiger partial charge in [-0.2, -0.15) is 5.26 Å². The molecule has 29 heavy (non-hydrogen) atoms. The first kappa shape index (κ1) is 20.1. The highest BCUT2D eigenvalue weighted by Crippen LogP contribution is 2.28. The normalized spacial score (nSPS) is 25.9. The molecule has 2 aliphatic rings. The maximum Gasteiger partial charge on any atom is 0.137 e. The minimum atomic E-state index is -2.08. The molecule has 2 heterocycles. The van der Waals surface area contributed by atoms with Crippen LogP contribution < -0.4 is 5.32 Å². The lowest BCUT2D eigenvalue weighted by Crippen LogP contribution is -2.52. The molecule has 8 heteroatoms. The van der Waals surface area contributed by atoms with E-state index in [1.54, 1.807) is 18.6 Å². The molecular formula is C21H28N6OS. The predicted molar refractivity (Wildman–Crippen MR) is 118 cm³/mol. The largest absolute Gasteiger partial charge is 0.367 e. The molecular weight excluding hydrogens is 384 g/mol. The van der Waals surface area contributed by atoms with E-state index in [2.05, 4.69) is 32.1 Å². The first-order valence-electron chi connectivity index (χ1n) is 10.2. The molecule has 1 aliphatic carbocycles. The van der Waals surface area contributed by atoms with Crippen LogP contribution in [0.5, 0.6) is 0 Å². The van der Waals surface area contributed by atoms with Gasteiger partial charge in [0.2, 0.25) is 0 Å². The van der Waals surface area contributed by atoms with Crippen molar-refractivity contribution >= 4 is 32.3 Å². The Morgan fingerprint density at radius 1 is 1.17 bits per heavy atom. The number of benzene rings is 1. The number of hydrogen-bond acceptors (Lipinski definition) is 6. The molecule has 1 N–H and O–H groups in total. The topological polar surface area (TPSA) is 85.2 Å². The van der Waals surface area contributed by atoms with Crippen molar-refractivity contribution in [1.29, 1.82) is 5.26 Å². The minimum absolute atomic E-state index is 0.380. The third-order valence-electron chi connectivity index (χ3n) is 6.14. The number of fused-ring (bicyclic) bond motifs is 1. The average Bonchev–Trinajstić information content (AvgIpc) is 2.74. The highest BCUT2D eigenvalue weighted by molar-refractivity contribution is 7.97. The molecule has 1 saturated heterocycles. The number of hydrogen-bond donors (Lipinski definition) is 1. The number of aromatic nitrogens is 2. The van der Waals surface area contributed by atoms with Crippen LogP contribution in [0.3, 0.4) is 0 Å². The van der Waals surface area contributed by atoms with Gasteiger partial charge in [0.05, 0.1) is 17.1 Å². The summed E-state index contributed by atoms with van der Waals surface area (Å²) in [5.41, 5.74) is 1.47. The van der Waals surface area contributed by atoms with Gasteiger partial charge in [0.1, 0.15) is 12.1 Å². The van der Waals surface area contributed by atoms with E-state index in [9.17, 15) is 9.47 Å². The maximum atomic E-state index is 12.1. The summed E-state index contributed by atoms with van der Waals surface area (Å²) in [4.78, 5) is 11.3. The average molecular weight is 413 g/mol. The minimum Gasteiger partial charge on any atom is -0.367 e. The van der Waals surface area contributed by atoms with Crippen LogP contribution in [0.2, 0.25) is 0 Å². The van der Waals surface area contributed by atoms with Gasteiger partial charge >= 0.3 is 0 Å². The molecule has 1 unspecified atom stereocenters. The van der Waals surface area contributed by atoms with E-state index in [0.717, 1.165) is 68.6 Å². The lowest BCUT2D eigenvalue weighted by atomic mass is 9.89. The van der Waals surface area contributed by atoms with Gasteiger partial charge in [0.15, 0.2) is 0 Å². The van der Waals surface area contributed by atoms with Gasteiger partial charge in [-0.1, -0.05) is 0 Å². The standard InChI is InChI=1S/C21H28N6OS/c1-29(2,28)27-11-9-26(10-12-27)18-6-4-17(5-7-18)25-21-19-13-16(14-22)3-8-20(19)23-15-24-21/h3,8,13,15,17-18H,1,4-7,9-12H2,2H3,(H,23,24,25). The van der Waals surface area contributed by atoms with Crippen molar-refractivity contribution in [3.05, 3.63) is 30.1 Å². The van der Waals surface area contributed by atoms with Crippen molar-refractivity contribution in [2.45, 2.75) is 37.8 Å². The molecule has 1 saturated carbocycles. The molecule has 0 spiro atoms. The van der Waals surface area contributed by atoms with Gasteiger partial charge in [-0.15, -0.1) is 0 Å². The molecule has 1 aromatic heterocycles. The Labute approximate surface area is 172 Å². The summed E-state index contributed by atoms with van der Waals surface area (Å²) in [6, 6.07) is 8.69. The number of nitrogens with zero attached hydrogens (tertiary/aromatic N) is 5. The Hall–Kier alpha value is -2.21. The third kappa shape index (κ3) is 4.53. The molecule has 0 amide bonds. The molecule has 2 aromatic rings. The number of nitriles is 1. The highest BCUT2D eigenvalue weighted by atomic mass is 32.2. The van der Waals surface area contributed by atoms with E-state index in [1.165, 1.54) is 0 Å². The van der Waals surface area contributed by atoms with Gasteiger partial charge < -0.3 is 5.32 Å². The van der Waals surface area contributed by atoms with Crippen LogP contribution in [-0.4, -0.2) is 73.8 Å². The summed E-state index contributed by atoms with van der Waals surface area (Å²) in [6.07, 6.45) is 7.79. The van der Waals surface area contributed by atoms with Crippen molar-refractivity contribution in [1.82, 2.24) is 19.2 Å². The zero-order valence-corrected chi connectivity index (χ0v) is 17.7. The van der Waals surface area contributed by atoms with E-state index >= 15 is 0 Å². The summed E-state index contributed by atoms with van der Waals surface area (Å²) in [7, 11) is -2.08.